The molecule has 0 aromatic carbocycles. The van der Waals surface area contributed by atoms with Crippen LogP contribution in [-0.4, -0.2) is 10.7 Å². The van der Waals surface area contributed by atoms with Crippen molar-refractivity contribution in [1.29, 1.82) is 0 Å². The monoisotopic (exact) mass is 163 g/mol. The number of thiocarbonyl (C=S) groups is 1. The van der Waals surface area contributed by atoms with E-state index in [2.05, 4.69) is 19.6 Å². The van der Waals surface area contributed by atoms with Gasteiger partial charge in [0.05, 0.1) is 0 Å². The van der Waals surface area contributed by atoms with Crippen LogP contribution in [0, 0.1) is 5.92 Å². The highest BCUT2D eigenvalue weighted by molar-refractivity contribution is 8.11. The van der Waals surface area contributed by atoms with Crippen LogP contribution in [0.5, 0.6) is 0 Å². The van der Waals surface area contributed by atoms with E-state index in [0.717, 1.165) is 17.0 Å². The molecular weight excluding hydrogens is 150 g/mol. The summed E-state index contributed by atoms with van der Waals surface area (Å²) in [5.41, 5.74) is 5.35. The average Bonchev–Trinajstić information content (AvgIpc) is 1.82. The van der Waals surface area contributed by atoms with Crippen LogP contribution in [0.4, 0.5) is 0 Å². The highest BCUT2D eigenvalue weighted by Gasteiger charge is 2.06. The first-order valence-corrected chi connectivity index (χ1v) is 4.00. The first-order chi connectivity index (χ1) is 4.22. The molecule has 2 N–H and O–H groups in total. The minimum atomic E-state index is 0.438. The zero-order valence-corrected chi connectivity index (χ0v) is 7.34. The van der Waals surface area contributed by atoms with Crippen LogP contribution in [0.1, 0.15) is 19.8 Å². The second-order valence-corrected chi connectivity index (χ2v) is 3.24. The summed E-state index contributed by atoms with van der Waals surface area (Å²) in [6.45, 7) is 2.81. The van der Waals surface area contributed by atoms with Gasteiger partial charge >= 0.3 is 0 Å². The van der Waals surface area contributed by atoms with Gasteiger partial charge < -0.3 is 5.73 Å². The Kier molecular flexibility index (Phi) is 5.44. The van der Waals surface area contributed by atoms with Crippen LogP contribution < -0.4 is 5.73 Å². The van der Waals surface area contributed by atoms with Gasteiger partial charge in [0.25, 0.3) is 0 Å². The van der Waals surface area contributed by atoms with Gasteiger partial charge in [-0.3, -0.25) is 0 Å². The molecular formula is C6H13NS2. The van der Waals surface area contributed by atoms with Gasteiger partial charge in [-0.2, -0.15) is 0 Å². The summed E-state index contributed by atoms with van der Waals surface area (Å²) in [5, 5.41) is 0. The van der Waals surface area contributed by atoms with E-state index in [1.165, 1.54) is 0 Å². The van der Waals surface area contributed by atoms with Crippen LogP contribution in [0.2, 0.25) is 0 Å². The highest BCUT2D eigenvalue weighted by Crippen LogP contribution is 2.11. The SMILES string of the molecule is CCC(CCN)C(=S)S. The molecule has 54 valence electrons. The van der Waals surface area contributed by atoms with E-state index in [4.69, 9.17) is 18.0 Å². The molecule has 0 rings (SSSR count). The van der Waals surface area contributed by atoms with Crippen LogP contribution >= 0.6 is 24.8 Å². The first kappa shape index (κ1) is 9.40. The Balaban J connectivity index is 3.54. The lowest BCUT2D eigenvalue weighted by atomic mass is 10.1. The molecule has 0 aromatic rings. The Bertz CT molecular complexity index is 93.1. The summed E-state index contributed by atoms with van der Waals surface area (Å²) in [6, 6.07) is 0. The lowest BCUT2D eigenvalue weighted by molar-refractivity contribution is 0.627. The molecule has 9 heavy (non-hydrogen) atoms. The van der Waals surface area contributed by atoms with Gasteiger partial charge in [0.15, 0.2) is 0 Å². The van der Waals surface area contributed by atoms with Crippen LogP contribution in [0.3, 0.4) is 0 Å². The van der Waals surface area contributed by atoms with E-state index >= 15 is 0 Å². The van der Waals surface area contributed by atoms with Gasteiger partial charge in [-0.15, -0.1) is 12.6 Å². The van der Waals surface area contributed by atoms with Crippen molar-refractivity contribution >= 4 is 29.0 Å². The zero-order chi connectivity index (χ0) is 7.28. The fourth-order valence-electron chi connectivity index (χ4n) is 0.703. The number of nitrogens with two attached hydrogens (primary N) is 1. The maximum absolute atomic E-state index is 5.35. The molecule has 0 bridgehead atoms. The Labute approximate surface area is 67.4 Å². The molecule has 0 saturated heterocycles. The largest absolute Gasteiger partial charge is 0.330 e. The summed E-state index contributed by atoms with van der Waals surface area (Å²) < 4.78 is 0.794. The fourth-order valence-corrected chi connectivity index (χ4v) is 1.30. The highest BCUT2D eigenvalue weighted by atomic mass is 32.1. The van der Waals surface area contributed by atoms with Gasteiger partial charge in [0.1, 0.15) is 0 Å². The van der Waals surface area contributed by atoms with Gasteiger partial charge in [0.2, 0.25) is 0 Å². The molecule has 0 aliphatic carbocycles. The second-order valence-electron chi connectivity index (χ2n) is 2.02. The third kappa shape index (κ3) is 3.89. The van der Waals surface area contributed by atoms with E-state index < -0.39 is 0 Å². The predicted octanol–water partition coefficient (Wildman–Crippen LogP) is 1.62. The van der Waals surface area contributed by atoms with Crippen LogP contribution in [0.15, 0.2) is 0 Å². The number of hydrogen-bond acceptors (Lipinski definition) is 2. The summed E-state index contributed by atoms with van der Waals surface area (Å²) in [7, 11) is 0. The number of thiol groups is 1. The normalized spacial score (nSPS) is 13.2. The average molecular weight is 163 g/mol. The first-order valence-electron chi connectivity index (χ1n) is 3.15. The third-order valence-electron chi connectivity index (χ3n) is 1.36. The van der Waals surface area contributed by atoms with Crippen LogP contribution in [-0.2, 0) is 0 Å². The Morgan fingerprint density at radius 3 is 2.44 bits per heavy atom. The number of rotatable bonds is 4. The molecule has 0 aliphatic rings. The quantitative estimate of drug-likeness (QED) is 0.486. The molecule has 1 unspecified atom stereocenters. The Hall–Kier alpha value is 0.400. The van der Waals surface area contributed by atoms with Crippen molar-refractivity contribution in [2.45, 2.75) is 19.8 Å². The minimum absolute atomic E-state index is 0.438. The van der Waals surface area contributed by atoms with Crippen molar-refractivity contribution in [2.24, 2.45) is 11.7 Å². The second kappa shape index (κ2) is 5.21. The molecule has 0 aromatic heterocycles. The molecule has 0 radical (unpaired) electrons. The van der Waals surface area contributed by atoms with Gasteiger partial charge in [-0.05, 0) is 19.4 Å². The minimum Gasteiger partial charge on any atom is -0.330 e. The van der Waals surface area contributed by atoms with Crippen molar-refractivity contribution in [1.82, 2.24) is 0 Å². The van der Waals surface area contributed by atoms with Crippen molar-refractivity contribution in [3.05, 3.63) is 0 Å². The van der Waals surface area contributed by atoms with Crippen molar-refractivity contribution in [3.63, 3.8) is 0 Å². The predicted molar refractivity (Wildman–Crippen MR) is 49.0 cm³/mol. The smallest absolute Gasteiger partial charge is 0.0479 e. The van der Waals surface area contributed by atoms with E-state index in [1.54, 1.807) is 0 Å². The molecule has 1 atom stereocenters. The summed E-state index contributed by atoms with van der Waals surface area (Å²) >= 11 is 8.97. The molecule has 3 heteroatoms. The van der Waals surface area contributed by atoms with Gasteiger partial charge in [0, 0.05) is 10.1 Å². The van der Waals surface area contributed by atoms with E-state index in [1.807, 2.05) is 0 Å². The van der Waals surface area contributed by atoms with Crippen LogP contribution in [0.25, 0.3) is 0 Å². The van der Waals surface area contributed by atoms with Gasteiger partial charge in [-0.25, -0.2) is 0 Å². The van der Waals surface area contributed by atoms with Crippen molar-refractivity contribution in [3.8, 4) is 0 Å². The molecule has 0 saturated carbocycles. The molecule has 0 heterocycles. The standard InChI is InChI=1S/C6H13NS2/c1-2-5(3-4-7)6(8)9/h5H,2-4,7H2,1H3,(H,8,9). The van der Waals surface area contributed by atoms with E-state index in [-0.39, 0.29) is 0 Å². The Morgan fingerprint density at radius 1 is 1.78 bits per heavy atom. The lowest BCUT2D eigenvalue weighted by Gasteiger charge is -2.09. The molecule has 0 spiro atoms. The van der Waals surface area contributed by atoms with E-state index in [9.17, 15) is 0 Å². The molecule has 0 aliphatic heterocycles. The lowest BCUT2D eigenvalue weighted by Crippen LogP contribution is -2.11. The molecule has 1 nitrogen and oxygen atoms in total. The molecule has 0 amide bonds. The Morgan fingerprint density at radius 2 is 2.33 bits per heavy atom. The summed E-state index contributed by atoms with van der Waals surface area (Å²) in [4.78, 5) is 0. The van der Waals surface area contributed by atoms with Gasteiger partial charge in [-0.1, -0.05) is 19.1 Å². The topological polar surface area (TPSA) is 26.0 Å². The fraction of sp³-hybridized carbons (Fsp3) is 0.833. The third-order valence-corrected chi connectivity index (χ3v) is 2.06. The summed E-state index contributed by atoms with van der Waals surface area (Å²) in [6.07, 6.45) is 2.03. The van der Waals surface area contributed by atoms with Crippen molar-refractivity contribution in [2.75, 3.05) is 6.54 Å². The number of hydrogen-bond donors (Lipinski definition) is 2. The maximum Gasteiger partial charge on any atom is 0.0479 e. The maximum atomic E-state index is 5.35. The van der Waals surface area contributed by atoms with Crippen molar-refractivity contribution < 1.29 is 0 Å². The summed E-state index contributed by atoms with van der Waals surface area (Å²) in [5.74, 6) is 0.438. The molecule has 0 fully saturated rings. The zero-order valence-electron chi connectivity index (χ0n) is 5.63. The van der Waals surface area contributed by atoms with E-state index in [0.29, 0.717) is 12.5 Å².